The van der Waals surface area contributed by atoms with Gasteiger partial charge in [-0.1, -0.05) is 0 Å². The molecule has 0 saturated carbocycles. The predicted octanol–water partition coefficient (Wildman–Crippen LogP) is 2.00. The number of ether oxygens (including phenoxy) is 1. The van der Waals surface area contributed by atoms with Gasteiger partial charge in [0.2, 0.25) is 5.95 Å². The van der Waals surface area contributed by atoms with E-state index in [1.54, 1.807) is 7.11 Å². The van der Waals surface area contributed by atoms with Gasteiger partial charge in [-0.2, -0.15) is 5.10 Å². The molecule has 0 bridgehead atoms. The highest BCUT2D eigenvalue weighted by molar-refractivity contribution is 5.25. The van der Waals surface area contributed by atoms with Gasteiger partial charge >= 0.3 is 0 Å². The van der Waals surface area contributed by atoms with Crippen molar-refractivity contribution < 1.29 is 4.74 Å². The van der Waals surface area contributed by atoms with E-state index >= 15 is 0 Å². The molecule has 20 heavy (non-hydrogen) atoms. The summed E-state index contributed by atoms with van der Waals surface area (Å²) in [6, 6.07) is 0. The fourth-order valence-corrected chi connectivity index (χ4v) is 2.14. The van der Waals surface area contributed by atoms with Gasteiger partial charge in [0, 0.05) is 44.9 Å². The zero-order valence-electron chi connectivity index (χ0n) is 12.2. The van der Waals surface area contributed by atoms with Crippen molar-refractivity contribution in [2.24, 2.45) is 0 Å². The average Bonchev–Trinajstić information content (AvgIpc) is 3.05. The summed E-state index contributed by atoms with van der Waals surface area (Å²) in [4.78, 5) is 4.34. The molecule has 6 heteroatoms. The molecule has 110 valence electrons. The molecule has 0 fully saturated rings. The Morgan fingerprint density at radius 1 is 1.40 bits per heavy atom. The van der Waals surface area contributed by atoms with Gasteiger partial charge in [-0.05, 0) is 31.7 Å². The van der Waals surface area contributed by atoms with E-state index in [-0.39, 0.29) is 0 Å². The summed E-state index contributed by atoms with van der Waals surface area (Å²) in [7, 11) is 1.72. The number of anilines is 1. The van der Waals surface area contributed by atoms with Crippen molar-refractivity contribution in [3.63, 3.8) is 0 Å². The van der Waals surface area contributed by atoms with Crippen LogP contribution in [0.2, 0.25) is 0 Å². The van der Waals surface area contributed by atoms with Crippen LogP contribution in [0.5, 0.6) is 0 Å². The second kappa shape index (κ2) is 7.69. The normalized spacial score (nSPS) is 10.9. The lowest BCUT2D eigenvalue weighted by molar-refractivity contribution is 0.197. The van der Waals surface area contributed by atoms with E-state index in [0.29, 0.717) is 0 Å². The zero-order valence-corrected chi connectivity index (χ0v) is 12.2. The van der Waals surface area contributed by atoms with Gasteiger partial charge in [-0.15, -0.1) is 0 Å². The molecule has 0 aliphatic carbocycles. The third-order valence-corrected chi connectivity index (χ3v) is 3.30. The molecule has 0 amide bonds. The monoisotopic (exact) mass is 277 g/mol. The van der Waals surface area contributed by atoms with Crippen LogP contribution in [0, 0.1) is 6.92 Å². The Kier molecular flexibility index (Phi) is 5.61. The lowest BCUT2D eigenvalue weighted by Crippen LogP contribution is -2.10. The van der Waals surface area contributed by atoms with Gasteiger partial charge in [0.15, 0.2) is 0 Å². The fourth-order valence-electron chi connectivity index (χ4n) is 2.14. The Labute approximate surface area is 119 Å². The van der Waals surface area contributed by atoms with Crippen molar-refractivity contribution in [3.05, 3.63) is 29.8 Å². The van der Waals surface area contributed by atoms with E-state index in [2.05, 4.69) is 32.0 Å². The number of methoxy groups -OCH3 is 1. The van der Waals surface area contributed by atoms with Crippen LogP contribution in [0.4, 0.5) is 5.95 Å². The van der Waals surface area contributed by atoms with Crippen LogP contribution in [0.1, 0.15) is 24.1 Å². The lowest BCUT2D eigenvalue weighted by Gasteiger charge is -2.09. The number of aromatic nitrogens is 4. The van der Waals surface area contributed by atoms with E-state index in [9.17, 15) is 0 Å². The molecular formula is C14H23N5O. The maximum atomic E-state index is 5.03. The number of rotatable bonds is 9. The second-order valence-electron chi connectivity index (χ2n) is 4.84. The van der Waals surface area contributed by atoms with Crippen LogP contribution in [-0.4, -0.2) is 40.0 Å². The molecule has 0 saturated heterocycles. The number of nitrogens with zero attached hydrogens (tertiary/aromatic N) is 3. The highest BCUT2D eigenvalue weighted by Gasteiger charge is 2.04. The Morgan fingerprint density at radius 3 is 3.05 bits per heavy atom. The summed E-state index contributed by atoms with van der Waals surface area (Å²) >= 11 is 0. The van der Waals surface area contributed by atoms with E-state index < -0.39 is 0 Å². The van der Waals surface area contributed by atoms with Crippen molar-refractivity contribution in [2.45, 2.75) is 32.7 Å². The number of nitrogens with one attached hydrogen (secondary N) is 2. The van der Waals surface area contributed by atoms with Gasteiger partial charge in [-0.3, -0.25) is 5.10 Å². The summed E-state index contributed by atoms with van der Waals surface area (Å²) in [5.74, 6) is 0.935. The first-order valence-electron chi connectivity index (χ1n) is 7.04. The van der Waals surface area contributed by atoms with Crippen LogP contribution in [0.15, 0.2) is 18.6 Å². The SMILES string of the molecule is COCCCNc1nccn1CCCc1cn[nH]c1C. The Balaban J connectivity index is 1.75. The van der Waals surface area contributed by atoms with Gasteiger partial charge in [-0.25, -0.2) is 4.98 Å². The molecule has 0 spiro atoms. The van der Waals surface area contributed by atoms with Gasteiger partial charge < -0.3 is 14.6 Å². The molecule has 0 aromatic carbocycles. The minimum atomic E-state index is 0.771. The smallest absolute Gasteiger partial charge is 0.202 e. The summed E-state index contributed by atoms with van der Waals surface area (Å²) in [6.07, 6.45) is 8.85. The lowest BCUT2D eigenvalue weighted by atomic mass is 10.1. The number of aromatic amines is 1. The Morgan fingerprint density at radius 2 is 2.30 bits per heavy atom. The third kappa shape index (κ3) is 4.09. The van der Waals surface area contributed by atoms with Crippen LogP contribution >= 0.6 is 0 Å². The summed E-state index contributed by atoms with van der Waals surface area (Å²) in [5.41, 5.74) is 2.45. The highest BCUT2D eigenvalue weighted by atomic mass is 16.5. The van der Waals surface area contributed by atoms with Crippen molar-refractivity contribution in [3.8, 4) is 0 Å². The van der Waals surface area contributed by atoms with Crippen molar-refractivity contribution in [1.82, 2.24) is 19.7 Å². The second-order valence-corrected chi connectivity index (χ2v) is 4.84. The largest absolute Gasteiger partial charge is 0.385 e. The first kappa shape index (κ1) is 14.6. The molecule has 0 unspecified atom stereocenters. The molecule has 0 aliphatic heterocycles. The van der Waals surface area contributed by atoms with Crippen LogP contribution < -0.4 is 5.32 Å². The molecule has 0 aliphatic rings. The van der Waals surface area contributed by atoms with Crippen LogP contribution in [0.3, 0.4) is 0 Å². The van der Waals surface area contributed by atoms with Crippen molar-refractivity contribution in [2.75, 3.05) is 25.6 Å². The topological polar surface area (TPSA) is 67.8 Å². The molecule has 2 heterocycles. The summed E-state index contributed by atoms with van der Waals surface area (Å²) < 4.78 is 7.19. The molecule has 2 aromatic heterocycles. The third-order valence-electron chi connectivity index (χ3n) is 3.30. The molecular weight excluding hydrogens is 254 g/mol. The van der Waals surface area contributed by atoms with Crippen LogP contribution in [-0.2, 0) is 17.7 Å². The predicted molar refractivity (Wildman–Crippen MR) is 78.9 cm³/mol. The number of hydrogen-bond donors (Lipinski definition) is 2. The summed E-state index contributed by atoms with van der Waals surface area (Å²) in [6.45, 7) is 4.67. The fraction of sp³-hybridized carbons (Fsp3) is 0.571. The molecule has 2 N–H and O–H groups in total. The molecule has 2 aromatic rings. The highest BCUT2D eigenvalue weighted by Crippen LogP contribution is 2.10. The molecule has 0 atom stereocenters. The van der Waals surface area contributed by atoms with Crippen molar-refractivity contribution in [1.29, 1.82) is 0 Å². The molecule has 6 nitrogen and oxygen atoms in total. The standard InChI is InChI=1S/C14H23N5O/c1-12-13(11-17-18-12)5-3-8-19-9-7-16-14(19)15-6-4-10-20-2/h7,9,11H,3-6,8,10H2,1-2H3,(H,15,16)(H,17,18). The number of hydrogen-bond acceptors (Lipinski definition) is 4. The first-order chi connectivity index (χ1) is 9.81. The number of H-pyrrole nitrogens is 1. The van der Waals surface area contributed by atoms with E-state index in [1.165, 1.54) is 5.56 Å². The minimum Gasteiger partial charge on any atom is -0.385 e. The minimum absolute atomic E-state index is 0.771. The number of aryl methyl sites for hydroxylation is 3. The zero-order chi connectivity index (χ0) is 14.2. The van der Waals surface area contributed by atoms with Crippen molar-refractivity contribution >= 4 is 5.95 Å². The van der Waals surface area contributed by atoms with E-state index in [0.717, 1.165) is 50.6 Å². The Bertz CT molecular complexity index is 505. The average molecular weight is 277 g/mol. The maximum absolute atomic E-state index is 5.03. The van der Waals surface area contributed by atoms with E-state index in [1.807, 2.05) is 18.6 Å². The van der Waals surface area contributed by atoms with Gasteiger partial charge in [0.05, 0.1) is 6.20 Å². The quantitative estimate of drug-likeness (QED) is 0.688. The number of imidazole rings is 1. The van der Waals surface area contributed by atoms with Gasteiger partial charge in [0.1, 0.15) is 0 Å². The first-order valence-corrected chi connectivity index (χ1v) is 7.04. The summed E-state index contributed by atoms with van der Waals surface area (Å²) in [5, 5.41) is 10.4. The Hall–Kier alpha value is -1.82. The molecule has 0 radical (unpaired) electrons. The van der Waals surface area contributed by atoms with E-state index in [4.69, 9.17) is 4.74 Å². The van der Waals surface area contributed by atoms with Crippen LogP contribution in [0.25, 0.3) is 0 Å². The molecule has 2 rings (SSSR count). The van der Waals surface area contributed by atoms with Gasteiger partial charge in [0.25, 0.3) is 0 Å². The maximum Gasteiger partial charge on any atom is 0.202 e.